The van der Waals surface area contributed by atoms with Crippen molar-refractivity contribution in [1.82, 2.24) is 10.2 Å². The lowest BCUT2D eigenvalue weighted by atomic mass is 10.2. The third-order valence-electron chi connectivity index (χ3n) is 2.17. The molecule has 1 aliphatic rings. The van der Waals surface area contributed by atoms with E-state index < -0.39 is 0 Å². The Kier molecular flexibility index (Phi) is 4.02. The summed E-state index contributed by atoms with van der Waals surface area (Å²) in [7, 11) is 0. The van der Waals surface area contributed by atoms with Crippen molar-refractivity contribution in [2.75, 3.05) is 26.2 Å². The molecule has 0 saturated carbocycles. The number of amides is 1. The number of piperazine rings is 1. The molecule has 1 aliphatic heterocycles. The number of nitrogens with one attached hydrogen (secondary N) is 1. The van der Waals surface area contributed by atoms with Crippen molar-refractivity contribution in [3.63, 3.8) is 0 Å². The maximum Gasteiger partial charge on any atom is 0.410 e. The second-order valence-electron chi connectivity index (χ2n) is 3.36. The highest BCUT2D eigenvalue weighted by atomic mass is 16.6. The summed E-state index contributed by atoms with van der Waals surface area (Å²) in [5.74, 6) is 0. The molecule has 4 nitrogen and oxygen atoms in total. The van der Waals surface area contributed by atoms with Gasteiger partial charge in [-0.05, 0) is 13.3 Å². The van der Waals surface area contributed by atoms with Gasteiger partial charge in [0.25, 0.3) is 0 Å². The van der Waals surface area contributed by atoms with Crippen LogP contribution < -0.4 is 5.32 Å². The second kappa shape index (κ2) is 5.07. The predicted molar refractivity (Wildman–Crippen MR) is 50.7 cm³/mol. The molecule has 1 fully saturated rings. The maximum atomic E-state index is 11.4. The number of hydrogen-bond donors (Lipinski definition) is 1. The Labute approximate surface area is 79.2 Å². The van der Waals surface area contributed by atoms with Gasteiger partial charge in [0.05, 0.1) is 6.61 Å². The predicted octanol–water partition coefficient (Wildman–Crippen LogP) is 0.827. The molecule has 1 N–H and O–H groups in total. The van der Waals surface area contributed by atoms with Gasteiger partial charge in [0.15, 0.2) is 0 Å². The van der Waals surface area contributed by atoms with E-state index in [1.54, 1.807) is 4.90 Å². The quantitative estimate of drug-likeness (QED) is 0.694. The lowest BCUT2D eigenvalue weighted by molar-refractivity contribution is 0.0813. The molecular formula is C9H18N2O2. The van der Waals surface area contributed by atoms with Gasteiger partial charge in [-0.2, -0.15) is 0 Å². The van der Waals surface area contributed by atoms with E-state index in [9.17, 15) is 4.79 Å². The van der Waals surface area contributed by atoms with Gasteiger partial charge in [0.1, 0.15) is 0 Å². The fourth-order valence-corrected chi connectivity index (χ4v) is 1.38. The van der Waals surface area contributed by atoms with E-state index in [-0.39, 0.29) is 12.1 Å². The van der Waals surface area contributed by atoms with Crippen LogP contribution in [-0.4, -0.2) is 43.3 Å². The first kappa shape index (κ1) is 10.3. The Morgan fingerprint density at radius 2 is 2.46 bits per heavy atom. The van der Waals surface area contributed by atoms with Crippen LogP contribution in [0.4, 0.5) is 4.79 Å². The Balaban J connectivity index is 2.35. The molecule has 1 amide bonds. The Morgan fingerprint density at radius 1 is 1.69 bits per heavy atom. The van der Waals surface area contributed by atoms with Crippen LogP contribution in [0.25, 0.3) is 0 Å². The molecule has 0 aromatic rings. The molecule has 0 aromatic carbocycles. The molecule has 1 rings (SSSR count). The lowest BCUT2D eigenvalue weighted by Gasteiger charge is -2.32. The number of carbonyl (C=O) groups is 1. The van der Waals surface area contributed by atoms with Crippen LogP contribution in [0.3, 0.4) is 0 Å². The molecule has 1 saturated heterocycles. The summed E-state index contributed by atoms with van der Waals surface area (Å²) in [6, 6.07) is 0.248. The molecule has 1 atom stereocenters. The largest absolute Gasteiger partial charge is 0.449 e. The zero-order valence-corrected chi connectivity index (χ0v) is 8.38. The fraction of sp³-hybridized carbons (Fsp3) is 0.889. The average molecular weight is 186 g/mol. The van der Waals surface area contributed by atoms with Gasteiger partial charge in [-0.1, -0.05) is 6.92 Å². The highest BCUT2D eigenvalue weighted by molar-refractivity contribution is 5.68. The summed E-state index contributed by atoms with van der Waals surface area (Å²) in [5.41, 5.74) is 0. The molecule has 4 heteroatoms. The minimum Gasteiger partial charge on any atom is -0.449 e. The van der Waals surface area contributed by atoms with Gasteiger partial charge >= 0.3 is 6.09 Å². The summed E-state index contributed by atoms with van der Waals surface area (Å²) >= 11 is 0. The van der Waals surface area contributed by atoms with E-state index in [0.717, 1.165) is 26.1 Å². The van der Waals surface area contributed by atoms with Crippen molar-refractivity contribution in [1.29, 1.82) is 0 Å². The molecule has 0 radical (unpaired) electrons. The summed E-state index contributed by atoms with van der Waals surface area (Å²) in [6.45, 7) is 7.03. The van der Waals surface area contributed by atoms with Crippen LogP contribution in [0, 0.1) is 0 Å². The summed E-state index contributed by atoms with van der Waals surface area (Å²) in [6.07, 6.45) is 0.711. The SMILES string of the molecule is CCCOC(=O)N1CCNCC1C. The third-order valence-corrected chi connectivity index (χ3v) is 2.17. The Morgan fingerprint density at radius 3 is 3.08 bits per heavy atom. The van der Waals surface area contributed by atoms with Crippen LogP contribution in [0.15, 0.2) is 0 Å². The van der Waals surface area contributed by atoms with Crippen LogP contribution in [0.2, 0.25) is 0 Å². The average Bonchev–Trinajstić information content (AvgIpc) is 2.15. The fourth-order valence-electron chi connectivity index (χ4n) is 1.38. The molecule has 0 aliphatic carbocycles. The minimum atomic E-state index is -0.171. The highest BCUT2D eigenvalue weighted by Gasteiger charge is 2.23. The molecule has 76 valence electrons. The molecule has 0 bridgehead atoms. The monoisotopic (exact) mass is 186 g/mol. The second-order valence-corrected chi connectivity index (χ2v) is 3.36. The van der Waals surface area contributed by atoms with Crippen molar-refractivity contribution in [3.05, 3.63) is 0 Å². The standard InChI is InChI=1S/C9H18N2O2/c1-3-6-13-9(12)11-5-4-10-7-8(11)2/h8,10H,3-7H2,1-2H3. The van der Waals surface area contributed by atoms with Crippen molar-refractivity contribution >= 4 is 6.09 Å². The van der Waals surface area contributed by atoms with Gasteiger partial charge in [-0.25, -0.2) is 4.79 Å². The summed E-state index contributed by atoms with van der Waals surface area (Å²) in [4.78, 5) is 13.2. The van der Waals surface area contributed by atoms with Gasteiger partial charge in [-0.15, -0.1) is 0 Å². The number of carbonyl (C=O) groups excluding carboxylic acids is 1. The van der Waals surface area contributed by atoms with E-state index in [4.69, 9.17) is 4.74 Å². The first-order chi connectivity index (χ1) is 6.25. The van der Waals surface area contributed by atoms with Gasteiger partial charge in [0.2, 0.25) is 0 Å². The number of hydrogen-bond acceptors (Lipinski definition) is 3. The number of rotatable bonds is 2. The molecule has 0 spiro atoms. The van der Waals surface area contributed by atoms with Gasteiger partial charge in [-0.3, -0.25) is 0 Å². The first-order valence-electron chi connectivity index (χ1n) is 4.89. The van der Waals surface area contributed by atoms with Crippen LogP contribution >= 0.6 is 0 Å². The smallest absolute Gasteiger partial charge is 0.410 e. The molecule has 13 heavy (non-hydrogen) atoms. The topological polar surface area (TPSA) is 41.6 Å². The number of nitrogens with zero attached hydrogens (tertiary/aromatic N) is 1. The van der Waals surface area contributed by atoms with Gasteiger partial charge in [0, 0.05) is 25.7 Å². The van der Waals surface area contributed by atoms with Crippen molar-refractivity contribution < 1.29 is 9.53 Å². The van der Waals surface area contributed by atoms with Crippen molar-refractivity contribution in [3.8, 4) is 0 Å². The third kappa shape index (κ3) is 2.88. The molecule has 1 unspecified atom stereocenters. The van der Waals surface area contributed by atoms with E-state index >= 15 is 0 Å². The van der Waals surface area contributed by atoms with E-state index in [1.165, 1.54) is 0 Å². The first-order valence-corrected chi connectivity index (χ1v) is 4.89. The highest BCUT2D eigenvalue weighted by Crippen LogP contribution is 2.04. The van der Waals surface area contributed by atoms with Crippen LogP contribution in [-0.2, 0) is 4.74 Å². The van der Waals surface area contributed by atoms with Gasteiger partial charge < -0.3 is 15.0 Å². The Bertz CT molecular complexity index is 173. The lowest BCUT2D eigenvalue weighted by Crippen LogP contribution is -2.52. The Hall–Kier alpha value is -0.770. The molecular weight excluding hydrogens is 168 g/mol. The zero-order valence-electron chi connectivity index (χ0n) is 8.38. The minimum absolute atomic E-state index is 0.171. The molecule has 1 heterocycles. The summed E-state index contributed by atoms with van der Waals surface area (Å²) < 4.78 is 5.06. The van der Waals surface area contributed by atoms with E-state index in [1.807, 2.05) is 13.8 Å². The normalized spacial score (nSPS) is 22.9. The molecule has 0 aromatic heterocycles. The van der Waals surface area contributed by atoms with Crippen LogP contribution in [0.1, 0.15) is 20.3 Å². The van der Waals surface area contributed by atoms with Crippen molar-refractivity contribution in [2.24, 2.45) is 0 Å². The van der Waals surface area contributed by atoms with E-state index in [0.29, 0.717) is 6.61 Å². The maximum absolute atomic E-state index is 11.4. The number of ether oxygens (including phenoxy) is 1. The van der Waals surface area contributed by atoms with E-state index in [2.05, 4.69) is 5.32 Å². The zero-order chi connectivity index (χ0) is 9.68. The van der Waals surface area contributed by atoms with Crippen molar-refractivity contribution in [2.45, 2.75) is 26.3 Å². The van der Waals surface area contributed by atoms with Crippen LogP contribution in [0.5, 0.6) is 0 Å². The summed E-state index contributed by atoms with van der Waals surface area (Å²) in [5, 5.41) is 3.23.